The zero-order valence-corrected chi connectivity index (χ0v) is 9.56. The third kappa shape index (κ3) is 1.55. The molecule has 0 bridgehead atoms. The molecule has 86 valence electrons. The van der Waals surface area contributed by atoms with Crippen molar-refractivity contribution in [3.63, 3.8) is 0 Å². The molecule has 1 unspecified atom stereocenters. The summed E-state index contributed by atoms with van der Waals surface area (Å²) in [4.78, 5) is 13.8. The van der Waals surface area contributed by atoms with Gasteiger partial charge in [0, 0.05) is 13.6 Å². The molecular weight excluding hydrogens is 204 g/mol. The number of rotatable bonds is 3. The number of hydrogen-bond donors (Lipinski definition) is 1. The van der Waals surface area contributed by atoms with Crippen LogP contribution in [0.2, 0.25) is 0 Å². The standard InChI is InChI=1S/C12H16N2O2/c1-14-7-9(10(15)6-13)8-4-3-5-11(16-2)12(8)14/h3-5,9H,6-7,13H2,1-2H3. The van der Waals surface area contributed by atoms with E-state index in [0.717, 1.165) is 17.0 Å². The van der Waals surface area contributed by atoms with Crippen molar-refractivity contribution in [1.82, 2.24) is 0 Å². The summed E-state index contributed by atoms with van der Waals surface area (Å²) in [5, 5.41) is 0. The van der Waals surface area contributed by atoms with Gasteiger partial charge in [-0.1, -0.05) is 12.1 Å². The lowest BCUT2D eigenvalue weighted by Crippen LogP contribution is -2.25. The number of Topliss-reactive ketones (excluding diaryl/α,β-unsaturated/α-hetero) is 1. The predicted octanol–water partition coefficient (Wildman–Crippen LogP) is 0.756. The topological polar surface area (TPSA) is 55.6 Å². The van der Waals surface area contributed by atoms with Crippen LogP contribution in [0.5, 0.6) is 5.75 Å². The minimum atomic E-state index is -0.111. The van der Waals surface area contributed by atoms with E-state index in [1.165, 1.54) is 0 Å². The molecule has 2 rings (SSSR count). The Labute approximate surface area is 95.0 Å². The average Bonchev–Trinajstić information content (AvgIpc) is 2.66. The van der Waals surface area contributed by atoms with Gasteiger partial charge >= 0.3 is 0 Å². The number of ketones is 1. The monoisotopic (exact) mass is 220 g/mol. The summed E-state index contributed by atoms with van der Waals surface area (Å²) in [6.07, 6.45) is 0. The van der Waals surface area contributed by atoms with E-state index in [0.29, 0.717) is 6.54 Å². The Morgan fingerprint density at radius 3 is 3.00 bits per heavy atom. The van der Waals surface area contributed by atoms with E-state index in [4.69, 9.17) is 10.5 Å². The maximum absolute atomic E-state index is 11.7. The average molecular weight is 220 g/mol. The molecule has 0 fully saturated rings. The van der Waals surface area contributed by atoms with E-state index < -0.39 is 0 Å². The second-order valence-electron chi connectivity index (χ2n) is 4.00. The zero-order valence-electron chi connectivity index (χ0n) is 9.56. The number of benzene rings is 1. The van der Waals surface area contributed by atoms with Crippen molar-refractivity contribution in [3.8, 4) is 5.75 Å². The highest BCUT2D eigenvalue weighted by atomic mass is 16.5. The Morgan fingerprint density at radius 1 is 1.62 bits per heavy atom. The van der Waals surface area contributed by atoms with Gasteiger partial charge in [0.05, 0.1) is 25.3 Å². The number of ether oxygens (including phenoxy) is 1. The van der Waals surface area contributed by atoms with Crippen LogP contribution in [0.3, 0.4) is 0 Å². The highest BCUT2D eigenvalue weighted by molar-refractivity contribution is 5.92. The molecule has 16 heavy (non-hydrogen) atoms. The number of nitrogens with two attached hydrogens (primary N) is 1. The Bertz CT molecular complexity index is 417. The van der Waals surface area contributed by atoms with Crippen LogP contribution in [-0.2, 0) is 4.79 Å². The number of carbonyl (C=O) groups is 1. The molecule has 1 atom stereocenters. The molecule has 2 N–H and O–H groups in total. The number of methoxy groups -OCH3 is 1. The number of nitrogens with zero attached hydrogens (tertiary/aromatic N) is 1. The summed E-state index contributed by atoms with van der Waals surface area (Å²) in [5.74, 6) is 0.784. The lowest BCUT2D eigenvalue weighted by atomic mass is 9.96. The van der Waals surface area contributed by atoms with E-state index in [-0.39, 0.29) is 18.2 Å². The molecule has 0 saturated heterocycles. The smallest absolute Gasteiger partial charge is 0.155 e. The molecule has 0 aliphatic carbocycles. The number of fused-ring (bicyclic) bond motifs is 1. The van der Waals surface area contributed by atoms with Gasteiger partial charge in [0.1, 0.15) is 5.75 Å². The lowest BCUT2D eigenvalue weighted by molar-refractivity contribution is -0.118. The van der Waals surface area contributed by atoms with Crippen molar-refractivity contribution in [2.45, 2.75) is 5.92 Å². The Kier molecular flexibility index (Phi) is 2.83. The second kappa shape index (κ2) is 4.14. The first kappa shape index (κ1) is 11.0. The summed E-state index contributed by atoms with van der Waals surface area (Å²) in [6, 6.07) is 5.79. The van der Waals surface area contributed by atoms with Gasteiger partial charge in [0.15, 0.2) is 5.78 Å². The van der Waals surface area contributed by atoms with Crippen LogP contribution in [-0.4, -0.2) is 33.0 Å². The first-order chi connectivity index (χ1) is 7.69. The predicted molar refractivity (Wildman–Crippen MR) is 63.1 cm³/mol. The summed E-state index contributed by atoms with van der Waals surface area (Å²) in [5.41, 5.74) is 7.46. The van der Waals surface area contributed by atoms with Gasteiger partial charge in [-0.2, -0.15) is 0 Å². The van der Waals surface area contributed by atoms with Crippen molar-refractivity contribution in [2.75, 3.05) is 32.1 Å². The summed E-state index contributed by atoms with van der Waals surface area (Å²) in [6.45, 7) is 0.779. The molecule has 1 heterocycles. The molecule has 1 aliphatic rings. The van der Waals surface area contributed by atoms with Crippen LogP contribution in [0.25, 0.3) is 0 Å². The van der Waals surface area contributed by atoms with Crippen molar-refractivity contribution in [3.05, 3.63) is 23.8 Å². The summed E-state index contributed by atoms with van der Waals surface area (Å²) >= 11 is 0. The largest absolute Gasteiger partial charge is 0.495 e. The number of carbonyl (C=O) groups excluding carboxylic acids is 1. The van der Waals surface area contributed by atoms with E-state index >= 15 is 0 Å². The molecule has 0 amide bonds. The second-order valence-corrected chi connectivity index (χ2v) is 4.00. The van der Waals surface area contributed by atoms with Crippen LogP contribution in [0.4, 0.5) is 5.69 Å². The number of para-hydroxylation sites is 1. The van der Waals surface area contributed by atoms with Gasteiger partial charge in [-0.05, 0) is 11.6 Å². The fraction of sp³-hybridized carbons (Fsp3) is 0.417. The lowest BCUT2D eigenvalue weighted by Gasteiger charge is -2.15. The van der Waals surface area contributed by atoms with Crippen LogP contribution in [0, 0.1) is 0 Å². The van der Waals surface area contributed by atoms with Gasteiger partial charge in [0.2, 0.25) is 0 Å². The molecule has 4 nitrogen and oxygen atoms in total. The van der Waals surface area contributed by atoms with E-state index in [2.05, 4.69) is 0 Å². The minimum Gasteiger partial charge on any atom is -0.495 e. The van der Waals surface area contributed by atoms with Crippen LogP contribution in [0.1, 0.15) is 11.5 Å². The zero-order chi connectivity index (χ0) is 11.7. The molecule has 0 spiro atoms. The highest BCUT2D eigenvalue weighted by Crippen LogP contribution is 2.41. The normalized spacial score (nSPS) is 18.4. The number of hydrogen-bond acceptors (Lipinski definition) is 4. The van der Waals surface area contributed by atoms with Gasteiger partial charge < -0.3 is 15.4 Å². The number of likely N-dealkylation sites (N-methyl/N-ethyl adjacent to an activating group) is 1. The van der Waals surface area contributed by atoms with Crippen molar-refractivity contribution >= 4 is 11.5 Å². The number of anilines is 1. The molecule has 0 saturated carbocycles. The summed E-state index contributed by atoms with van der Waals surface area (Å²) < 4.78 is 5.30. The van der Waals surface area contributed by atoms with Crippen LogP contribution < -0.4 is 15.4 Å². The fourth-order valence-corrected chi connectivity index (χ4v) is 2.27. The molecule has 1 aromatic rings. The van der Waals surface area contributed by atoms with Crippen LogP contribution in [0.15, 0.2) is 18.2 Å². The third-order valence-corrected chi connectivity index (χ3v) is 3.05. The Hall–Kier alpha value is -1.55. The first-order valence-corrected chi connectivity index (χ1v) is 5.29. The molecule has 0 aromatic heterocycles. The molecule has 1 aliphatic heterocycles. The quantitative estimate of drug-likeness (QED) is 0.817. The maximum Gasteiger partial charge on any atom is 0.155 e. The van der Waals surface area contributed by atoms with E-state index in [9.17, 15) is 4.79 Å². The SMILES string of the molecule is COc1cccc2c1N(C)CC2C(=O)CN. The van der Waals surface area contributed by atoms with Crippen molar-refractivity contribution in [1.29, 1.82) is 0 Å². The third-order valence-electron chi connectivity index (χ3n) is 3.05. The van der Waals surface area contributed by atoms with Crippen LogP contribution >= 0.6 is 0 Å². The Morgan fingerprint density at radius 2 is 2.38 bits per heavy atom. The van der Waals surface area contributed by atoms with Gasteiger partial charge in [0.25, 0.3) is 0 Å². The van der Waals surface area contributed by atoms with Crippen molar-refractivity contribution in [2.24, 2.45) is 5.73 Å². The minimum absolute atomic E-state index is 0.0823. The first-order valence-electron chi connectivity index (χ1n) is 5.29. The van der Waals surface area contributed by atoms with Gasteiger partial charge in [-0.25, -0.2) is 0 Å². The Balaban J connectivity index is 2.47. The van der Waals surface area contributed by atoms with Gasteiger partial charge in [-0.3, -0.25) is 4.79 Å². The van der Waals surface area contributed by atoms with Gasteiger partial charge in [-0.15, -0.1) is 0 Å². The maximum atomic E-state index is 11.7. The fourth-order valence-electron chi connectivity index (χ4n) is 2.27. The van der Waals surface area contributed by atoms with E-state index in [1.807, 2.05) is 30.1 Å². The molecule has 1 aromatic carbocycles. The summed E-state index contributed by atoms with van der Waals surface area (Å²) in [7, 11) is 3.60. The highest BCUT2D eigenvalue weighted by Gasteiger charge is 2.32. The molecule has 4 heteroatoms. The van der Waals surface area contributed by atoms with E-state index in [1.54, 1.807) is 7.11 Å². The molecule has 0 radical (unpaired) electrons. The molecular formula is C12H16N2O2. The van der Waals surface area contributed by atoms with Crippen molar-refractivity contribution < 1.29 is 9.53 Å².